The highest BCUT2D eigenvalue weighted by molar-refractivity contribution is 6.43. The molecule has 1 aliphatic heterocycles. The molecule has 1 aliphatic rings. The molecular formula is C13H17Cl2NO. The van der Waals surface area contributed by atoms with Crippen LogP contribution < -0.4 is 10.1 Å². The molecule has 0 fully saturated rings. The van der Waals surface area contributed by atoms with Crippen LogP contribution in [-0.2, 0) is 0 Å². The fourth-order valence-electron chi connectivity index (χ4n) is 2.27. The Morgan fingerprint density at radius 3 is 2.76 bits per heavy atom. The zero-order chi connectivity index (χ0) is 12.6. The summed E-state index contributed by atoms with van der Waals surface area (Å²) in [7, 11) is 0. The van der Waals surface area contributed by atoms with Gasteiger partial charge in [0.1, 0.15) is 16.4 Å². The molecule has 17 heavy (non-hydrogen) atoms. The summed E-state index contributed by atoms with van der Waals surface area (Å²) < 4.78 is 5.95. The van der Waals surface area contributed by atoms with E-state index >= 15 is 0 Å². The number of hydrogen-bond donors (Lipinski definition) is 1. The summed E-state index contributed by atoms with van der Waals surface area (Å²) in [5.74, 6) is 0.723. The van der Waals surface area contributed by atoms with E-state index in [-0.39, 0.29) is 11.6 Å². The second kappa shape index (κ2) is 4.68. The molecule has 0 radical (unpaired) electrons. The topological polar surface area (TPSA) is 21.3 Å². The summed E-state index contributed by atoms with van der Waals surface area (Å²) >= 11 is 12.3. The third kappa shape index (κ3) is 2.54. The van der Waals surface area contributed by atoms with Gasteiger partial charge in [0.05, 0.1) is 5.02 Å². The lowest BCUT2D eigenvalue weighted by Gasteiger charge is -2.38. The Kier molecular flexibility index (Phi) is 3.58. The van der Waals surface area contributed by atoms with Crippen molar-refractivity contribution < 1.29 is 4.74 Å². The first-order valence-corrected chi connectivity index (χ1v) is 6.60. The smallest absolute Gasteiger partial charge is 0.145 e. The van der Waals surface area contributed by atoms with Crippen molar-refractivity contribution in [3.8, 4) is 5.75 Å². The zero-order valence-corrected chi connectivity index (χ0v) is 11.8. The minimum atomic E-state index is -0.228. The highest BCUT2D eigenvalue weighted by Crippen LogP contribution is 2.45. The Balaban J connectivity index is 2.48. The molecule has 1 aromatic rings. The van der Waals surface area contributed by atoms with Gasteiger partial charge in [-0.05, 0) is 26.5 Å². The van der Waals surface area contributed by atoms with Gasteiger partial charge in [0.2, 0.25) is 0 Å². The first kappa shape index (κ1) is 13.0. The van der Waals surface area contributed by atoms with Crippen molar-refractivity contribution in [2.45, 2.75) is 38.8 Å². The van der Waals surface area contributed by atoms with Crippen LogP contribution in [0, 0.1) is 0 Å². The number of benzene rings is 1. The third-order valence-electron chi connectivity index (χ3n) is 2.98. The van der Waals surface area contributed by atoms with Crippen LogP contribution in [0.3, 0.4) is 0 Å². The van der Waals surface area contributed by atoms with Crippen LogP contribution in [0.1, 0.15) is 38.8 Å². The average Bonchev–Trinajstić information content (AvgIpc) is 2.23. The summed E-state index contributed by atoms with van der Waals surface area (Å²) in [6, 6.07) is 4.09. The van der Waals surface area contributed by atoms with Gasteiger partial charge in [0.15, 0.2) is 0 Å². The van der Waals surface area contributed by atoms with Gasteiger partial charge < -0.3 is 10.1 Å². The predicted molar refractivity (Wildman–Crippen MR) is 72.2 cm³/mol. The number of halogens is 2. The maximum atomic E-state index is 6.22. The lowest BCUT2D eigenvalue weighted by molar-refractivity contribution is 0.0666. The molecule has 1 N–H and O–H groups in total. The Hall–Kier alpha value is -0.440. The normalized spacial score (nSPS) is 21.8. The molecule has 1 unspecified atom stereocenters. The summed E-state index contributed by atoms with van der Waals surface area (Å²) in [4.78, 5) is 0. The van der Waals surface area contributed by atoms with Crippen molar-refractivity contribution in [2.24, 2.45) is 0 Å². The molecule has 0 aliphatic carbocycles. The third-order valence-corrected chi connectivity index (χ3v) is 3.77. The monoisotopic (exact) mass is 273 g/mol. The molecule has 1 aromatic carbocycles. The van der Waals surface area contributed by atoms with E-state index in [0.29, 0.717) is 10.0 Å². The number of ether oxygens (including phenoxy) is 1. The molecule has 0 amide bonds. The molecule has 2 rings (SSSR count). The largest absolute Gasteiger partial charge is 0.486 e. The van der Waals surface area contributed by atoms with Gasteiger partial charge >= 0.3 is 0 Å². The van der Waals surface area contributed by atoms with Crippen molar-refractivity contribution in [3.05, 3.63) is 27.7 Å². The minimum Gasteiger partial charge on any atom is -0.486 e. The van der Waals surface area contributed by atoms with Crippen molar-refractivity contribution >= 4 is 23.2 Å². The molecule has 0 saturated carbocycles. The van der Waals surface area contributed by atoms with Crippen LogP contribution in [0.25, 0.3) is 0 Å². The first-order valence-electron chi connectivity index (χ1n) is 5.85. The minimum absolute atomic E-state index is 0.228. The van der Waals surface area contributed by atoms with Gasteiger partial charge in [-0.25, -0.2) is 0 Å². The molecule has 0 aromatic heterocycles. The maximum absolute atomic E-state index is 6.22. The van der Waals surface area contributed by atoms with Crippen LogP contribution >= 0.6 is 23.2 Å². The molecule has 1 atom stereocenters. The van der Waals surface area contributed by atoms with E-state index in [2.05, 4.69) is 26.1 Å². The van der Waals surface area contributed by atoms with Gasteiger partial charge in [0, 0.05) is 18.0 Å². The fourth-order valence-corrected chi connectivity index (χ4v) is 2.63. The average molecular weight is 274 g/mol. The van der Waals surface area contributed by atoms with Crippen molar-refractivity contribution in [2.75, 3.05) is 6.54 Å². The Morgan fingerprint density at radius 2 is 2.12 bits per heavy atom. The van der Waals surface area contributed by atoms with Crippen LogP contribution in [0.4, 0.5) is 0 Å². The van der Waals surface area contributed by atoms with Gasteiger partial charge in [-0.3, -0.25) is 0 Å². The molecule has 0 spiro atoms. The molecule has 94 valence electrons. The molecule has 1 heterocycles. The van der Waals surface area contributed by atoms with Gasteiger partial charge in [-0.1, -0.05) is 36.2 Å². The van der Waals surface area contributed by atoms with E-state index < -0.39 is 0 Å². The van der Waals surface area contributed by atoms with Crippen molar-refractivity contribution in [3.63, 3.8) is 0 Å². The summed E-state index contributed by atoms with van der Waals surface area (Å²) in [5.41, 5.74) is 0.870. The Labute approximate surface area is 112 Å². The van der Waals surface area contributed by atoms with E-state index in [1.807, 2.05) is 12.1 Å². The summed E-state index contributed by atoms with van der Waals surface area (Å²) in [6.45, 7) is 7.15. The quantitative estimate of drug-likeness (QED) is 0.872. The number of rotatable bonds is 2. The van der Waals surface area contributed by atoms with E-state index in [9.17, 15) is 0 Å². The summed E-state index contributed by atoms with van der Waals surface area (Å²) in [5, 5.41) is 4.52. The van der Waals surface area contributed by atoms with Crippen LogP contribution in [0.15, 0.2) is 12.1 Å². The van der Waals surface area contributed by atoms with E-state index in [0.717, 1.165) is 24.3 Å². The number of hydrogen-bond acceptors (Lipinski definition) is 2. The second-order valence-electron chi connectivity index (χ2n) is 4.96. The van der Waals surface area contributed by atoms with Gasteiger partial charge in [0.25, 0.3) is 0 Å². The summed E-state index contributed by atoms with van der Waals surface area (Å²) in [6.07, 6.45) is 0.922. The SMILES string of the molecule is CCNC1CC(C)(C)Oc2c1ccc(Cl)c2Cl. The maximum Gasteiger partial charge on any atom is 0.145 e. The Bertz CT molecular complexity index is 432. The van der Waals surface area contributed by atoms with E-state index in [1.165, 1.54) is 0 Å². The van der Waals surface area contributed by atoms with Crippen molar-refractivity contribution in [1.82, 2.24) is 5.32 Å². The lowest BCUT2D eigenvalue weighted by atomic mass is 9.89. The zero-order valence-electron chi connectivity index (χ0n) is 10.3. The van der Waals surface area contributed by atoms with Gasteiger partial charge in [-0.2, -0.15) is 0 Å². The molecule has 4 heteroatoms. The van der Waals surface area contributed by atoms with E-state index in [1.54, 1.807) is 0 Å². The Morgan fingerprint density at radius 1 is 1.41 bits per heavy atom. The van der Waals surface area contributed by atoms with Gasteiger partial charge in [-0.15, -0.1) is 0 Å². The fraction of sp³-hybridized carbons (Fsp3) is 0.538. The molecular weight excluding hydrogens is 257 g/mol. The lowest BCUT2D eigenvalue weighted by Crippen LogP contribution is -2.39. The van der Waals surface area contributed by atoms with Crippen LogP contribution in [0.5, 0.6) is 5.75 Å². The first-order chi connectivity index (χ1) is 7.94. The predicted octanol–water partition coefficient (Wildman–Crippen LogP) is 4.21. The highest BCUT2D eigenvalue weighted by Gasteiger charge is 2.35. The highest BCUT2D eigenvalue weighted by atomic mass is 35.5. The standard InChI is InChI=1S/C13H17Cl2NO/c1-4-16-10-7-13(2,3)17-12-8(10)5-6-9(14)11(12)15/h5-6,10,16H,4,7H2,1-3H3. The number of fused-ring (bicyclic) bond motifs is 1. The van der Waals surface area contributed by atoms with Crippen LogP contribution in [-0.4, -0.2) is 12.1 Å². The second-order valence-corrected chi connectivity index (χ2v) is 5.74. The van der Waals surface area contributed by atoms with Crippen LogP contribution in [0.2, 0.25) is 10.0 Å². The molecule has 0 bridgehead atoms. The van der Waals surface area contributed by atoms with E-state index in [4.69, 9.17) is 27.9 Å². The molecule has 2 nitrogen and oxygen atoms in total. The number of nitrogens with one attached hydrogen (secondary N) is 1. The molecule has 0 saturated heterocycles. The van der Waals surface area contributed by atoms with Crippen molar-refractivity contribution in [1.29, 1.82) is 0 Å².